The number of fused-ring (bicyclic) bond motifs is 1. The number of anilines is 1. The fourth-order valence-electron chi connectivity index (χ4n) is 4.07. The molecule has 2 aromatic carbocycles. The Bertz CT molecular complexity index is 1280. The van der Waals surface area contributed by atoms with Crippen LogP contribution >= 0.6 is 0 Å². The van der Waals surface area contributed by atoms with Gasteiger partial charge in [0.2, 0.25) is 17.7 Å². The average Bonchev–Trinajstić information content (AvgIpc) is 3.18. The average molecular weight is 457 g/mol. The number of rotatable bonds is 8. The Morgan fingerprint density at radius 3 is 2.50 bits per heavy atom. The van der Waals surface area contributed by atoms with E-state index in [9.17, 15) is 9.59 Å². The lowest BCUT2D eigenvalue weighted by atomic mass is 10.0. The number of ether oxygens (including phenoxy) is 1. The highest BCUT2D eigenvalue weighted by atomic mass is 16.5. The van der Waals surface area contributed by atoms with E-state index in [-0.39, 0.29) is 18.2 Å². The van der Waals surface area contributed by atoms with E-state index in [0.29, 0.717) is 18.0 Å². The van der Waals surface area contributed by atoms with Crippen molar-refractivity contribution in [3.05, 3.63) is 89.7 Å². The van der Waals surface area contributed by atoms with Gasteiger partial charge < -0.3 is 19.9 Å². The van der Waals surface area contributed by atoms with E-state index < -0.39 is 6.04 Å². The second-order valence-electron chi connectivity index (χ2n) is 8.22. The Kier molecular flexibility index (Phi) is 6.92. The van der Waals surface area contributed by atoms with E-state index >= 15 is 0 Å². The van der Waals surface area contributed by atoms with Crippen molar-refractivity contribution in [2.24, 2.45) is 0 Å². The van der Waals surface area contributed by atoms with Gasteiger partial charge in [-0.3, -0.25) is 9.59 Å². The molecular formula is C27H28N4O3. The second-order valence-corrected chi connectivity index (χ2v) is 8.22. The summed E-state index contributed by atoms with van der Waals surface area (Å²) in [6.07, 6.45) is 2.14. The Labute approximate surface area is 198 Å². The van der Waals surface area contributed by atoms with Crippen molar-refractivity contribution < 1.29 is 14.3 Å². The first-order valence-corrected chi connectivity index (χ1v) is 11.1. The molecular weight excluding hydrogens is 428 g/mol. The predicted molar refractivity (Wildman–Crippen MR) is 133 cm³/mol. The molecule has 0 spiro atoms. The van der Waals surface area contributed by atoms with Crippen molar-refractivity contribution in [2.75, 3.05) is 19.1 Å². The number of benzene rings is 2. The van der Waals surface area contributed by atoms with Gasteiger partial charge in [-0.05, 0) is 30.2 Å². The van der Waals surface area contributed by atoms with Crippen LogP contribution in [0.5, 0.6) is 5.88 Å². The molecule has 34 heavy (non-hydrogen) atoms. The van der Waals surface area contributed by atoms with Gasteiger partial charge in [0, 0.05) is 36.1 Å². The summed E-state index contributed by atoms with van der Waals surface area (Å²) in [7, 11) is 3.22. The minimum absolute atomic E-state index is 0.183. The molecule has 0 fully saturated rings. The first kappa shape index (κ1) is 23.0. The largest absolute Gasteiger partial charge is 0.481 e. The van der Waals surface area contributed by atoms with Crippen LogP contribution < -0.4 is 15.0 Å². The molecule has 0 radical (unpaired) electrons. The summed E-state index contributed by atoms with van der Waals surface area (Å²) in [6, 6.07) is 20.3. The number of aromatic amines is 1. The minimum Gasteiger partial charge on any atom is -0.481 e. The highest BCUT2D eigenvalue weighted by Gasteiger charge is 2.26. The number of pyridine rings is 1. The summed E-state index contributed by atoms with van der Waals surface area (Å²) in [5, 5.41) is 4.00. The van der Waals surface area contributed by atoms with Gasteiger partial charge in [0.15, 0.2) is 0 Å². The number of likely N-dealkylation sites (N-methyl/N-ethyl adjacent to an activating group) is 1. The van der Waals surface area contributed by atoms with Gasteiger partial charge in [-0.25, -0.2) is 4.98 Å². The van der Waals surface area contributed by atoms with Crippen LogP contribution in [0.2, 0.25) is 0 Å². The van der Waals surface area contributed by atoms with Crippen LogP contribution in [0.4, 0.5) is 5.69 Å². The summed E-state index contributed by atoms with van der Waals surface area (Å²) in [6.45, 7) is 1.96. The number of para-hydroxylation sites is 1. The molecule has 4 rings (SSSR count). The number of nitrogens with one attached hydrogen (secondary N) is 2. The smallest absolute Gasteiger partial charge is 0.249 e. The monoisotopic (exact) mass is 456 g/mol. The number of nitrogens with zero attached hydrogens (tertiary/aromatic N) is 2. The minimum atomic E-state index is -0.729. The summed E-state index contributed by atoms with van der Waals surface area (Å²) in [4.78, 5) is 35.6. The molecule has 4 aromatic rings. The number of amides is 2. The molecule has 7 heteroatoms. The van der Waals surface area contributed by atoms with E-state index in [0.717, 1.165) is 27.7 Å². The number of carbonyl (C=O) groups is 2. The molecule has 0 saturated carbocycles. The molecule has 0 unspecified atom stereocenters. The lowest BCUT2D eigenvalue weighted by Crippen LogP contribution is -2.49. The number of methoxy groups -OCH3 is 1. The third-order valence-corrected chi connectivity index (χ3v) is 5.93. The van der Waals surface area contributed by atoms with E-state index in [4.69, 9.17) is 4.74 Å². The topological polar surface area (TPSA) is 87.3 Å². The van der Waals surface area contributed by atoms with Crippen LogP contribution in [-0.2, 0) is 22.4 Å². The number of aromatic nitrogens is 2. The molecule has 2 aromatic heterocycles. The van der Waals surface area contributed by atoms with E-state index in [1.165, 1.54) is 12.0 Å². The third kappa shape index (κ3) is 5.09. The van der Waals surface area contributed by atoms with Crippen LogP contribution in [0.3, 0.4) is 0 Å². The first-order chi connectivity index (χ1) is 16.5. The summed E-state index contributed by atoms with van der Waals surface area (Å²) < 4.78 is 5.10. The van der Waals surface area contributed by atoms with Gasteiger partial charge in [-0.1, -0.05) is 48.5 Å². The molecule has 174 valence electrons. The number of H-pyrrole nitrogens is 1. The van der Waals surface area contributed by atoms with E-state index in [1.54, 1.807) is 25.4 Å². The molecule has 2 N–H and O–H groups in total. The fraction of sp³-hybridized carbons (Fsp3) is 0.222. The lowest BCUT2D eigenvalue weighted by Gasteiger charge is -2.25. The summed E-state index contributed by atoms with van der Waals surface area (Å²) in [5.74, 6) is 0.0380. The van der Waals surface area contributed by atoms with Crippen LogP contribution in [0.25, 0.3) is 10.9 Å². The zero-order chi connectivity index (χ0) is 24.1. The maximum atomic E-state index is 13.5. The lowest BCUT2D eigenvalue weighted by molar-refractivity contribution is -0.127. The zero-order valence-corrected chi connectivity index (χ0v) is 19.5. The number of hydrogen-bond donors (Lipinski definition) is 2. The highest BCUT2D eigenvalue weighted by Crippen LogP contribution is 2.22. The summed E-state index contributed by atoms with van der Waals surface area (Å²) in [5.41, 5.74) is 4.46. The van der Waals surface area contributed by atoms with Crippen molar-refractivity contribution in [3.63, 3.8) is 0 Å². The molecule has 2 heterocycles. The maximum Gasteiger partial charge on any atom is 0.249 e. The van der Waals surface area contributed by atoms with Gasteiger partial charge in [-0.15, -0.1) is 0 Å². The van der Waals surface area contributed by atoms with E-state index in [1.807, 2.05) is 61.5 Å². The molecule has 0 bridgehead atoms. The molecule has 2 amide bonds. The standard InChI is InChI=1S/C27H28N4O3/c1-18-22(21-11-7-8-12-23(21)29-18)16-25(32)30-24(15-19-9-5-4-6-10-19)27(33)31(2)20-13-14-26(34-3)28-17-20/h4-14,17,24,29H,15-16H2,1-3H3,(H,30,32)/t24-/m0/s1. The van der Waals surface area contributed by atoms with Crippen molar-refractivity contribution in [2.45, 2.75) is 25.8 Å². The molecule has 7 nitrogen and oxygen atoms in total. The Balaban J connectivity index is 1.55. The SMILES string of the molecule is COc1ccc(N(C)C(=O)[C@H](Cc2ccccc2)NC(=O)Cc2c(C)[nH]c3ccccc23)cn1. The number of aryl methyl sites for hydroxylation is 1. The van der Waals surface area contributed by atoms with Gasteiger partial charge in [0.1, 0.15) is 6.04 Å². The van der Waals surface area contributed by atoms with Crippen molar-refractivity contribution >= 4 is 28.4 Å². The summed E-state index contributed by atoms with van der Waals surface area (Å²) >= 11 is 0. The molecule has 1 atom stereocenters. The molecule has 0 saturated heterocycles. The third-order valence-electron chi connectivity index (χ3n) is 5.93. The van der Waals surface area contributed by atoms with Gasteiger partial charge in [-0.2, -0.15) is 0 Å². The highest BCUT2D eigenvalue weighted by molar-refractivity contribution is 5.99. The van der Waals surface area contributed by atoms with Crippen LogP contribution in [0, 0.1) is 6.92 Å². The van der Waals surface area contributed by atoms with Gasteiger partial charge in [0.05, 0.1) is 25.4 Å². The maximum absolute atomic E-state index is 13.5. The van der Waals surface area contributed by atoms with Crippen LogP contribution in [0.15, 0.2) is 72.9 Å². The molecule has 0 aliphatic heterocycles. The normalized spacial score (nSPS) is 11.7. The number of hydrogen-bond acceptors (Lipinski definition) is 4. The Hall–Kier alpha value is -4.13. The predicted octanol–water partition coefficient (Wildman–Crippen LogP) is 3.81. The quantitative estimate of drug-likeness (QED) is 0.422. The fourth-order valence-corrected chi connectivity index (χ4v) is 4.07. The zero-order valence-electron chi connectivity index (χ0n) is 19.5. The second kappa shape index (κ2) is 10.2. The Morgan fingerprint density at radius 1 is 1.06 bits per heavy atom. The molecule has 0 aliphatic rings. The van der Waals surface area contributed by atoms with Crippen molar-refractivity contribution in [1.82, 2.24) is 15.3 Å². The van der Waals surface area contributed by atoms with Gasteiger partial charge >= 0.3 is 0 Å². The van der Waals surface area contributed by atoms with E-state index in [2.05, 4.69) is 15.3 Å². The Morgan fingerprint density at radius 2 is 1.79 bits per heavy atom. The van der Waals surface area contributed by atoms with Crippen molar-refractivity contribution in [3.8, 4) is 5.88 Å². The molecule has 0 aliphatic carbocycles. The van der Waals surface area contributed by atoms with Crippen LogP contribution in [-0.4, -0.2) is 42.0 Å². The first-order valence-electron chi connectivity index (χ1n) is 11.1. The van der Waals surface area contributed by atoms with Gasteiger partial charge in [0.25, 0.3) is 0 Å². The van der Waals surface area contributed by atoms with Crippen molar-refractivity contribution in [1.29, 1.82) is 0 Å². The number of carbonyl (C=O) groups excluding carboxylic acids is 2. The van der Waals surface area contributed by atoms with Crippen LogP contribution in [0.1, 0.15) is 16.8 Å².